The van der Waals surface area contributed by atoms with Gasteiger partial charge in [0.05, 0.1) is 31.0 Å². The van der Waals surface area contributed by atoms with Crippen LogP contribution < -0.4 is 0 Å². The van der Waals surface area contributed by atoms with Crippen LogP contribution in [0.15, 0.2) is 40.3 Å². The van der Waals surface area contributed by atoms with Crippen molar-refractivity contribution in [1.82, 2.24) is 4.98 Å². The zero-order valence-corrected chi connectivity index (χ0v) is 28.5. The second kappa shape index (κ2) is 16.7. The lowest BCUT2D eigenvalue weighted by Gasteiger charge is -2.14. The molecule has 0 N–H and O–H groups in total. The number of nitriles is 1. The number of aromatic nitrogens is 1. The number of ketones is 1. The first-order chi connectivity index (χ1) is 16.9. The Hall–Kier alpha value is -0.300. The zero-order valence-electron chi connectivity index (χ0n) is 20.5. The van der Waals surface area contributed by atoms with Crippen molar-refractivity contribution in [2.45, 2.75) is 45.8 Å². The highest BCUT2D eigenvalue weighted by atomic mass is 79.9. The van der Waals surface area contributed by atoms with Crippen molar-refractivity contribution >= 4 is 108 Å². The predicted octanol–water partition coefficient (Wildman–Crippen LogP) is 11.5. The zero-order chi connectivity index (χ0) is 27.0. The molecule has 0 aliphatic heterocycles. The number of thiocyanates is 1. The normalized spacial score (nSPS) is 11.4. The van der Waals surface area contributed by atoms with Crippen LogP contribution in [-0.2, 0) is 6.42 Å². The molecule has 0 aliphatic rings. The molecule has 11 heteroatoms. The molecule has 1 heterocycles. The van der Waals surface area contributed by atoms with Crippen molar-refractivity contribution < 1.29 is 4.79 Å². The molecule has 0 fully saturated rings. The molecule has 3 nitrogen and oxygen atoms in total. The topological polar surface area (TPSA) is 53.8 Å². The summed E-state index contributed by atoms with van der Waals surface area (Å²) >= 11 is 29.8. The van der Waals surface area contributed by atoms with Crippen LogP contribution in [0, 0.1) is 22.5 Å². The average Bonchev–Trinajstić information content (AvgIpc) is 3.16. The monoisotopic (exact) mass is 744 g/mol. The Labute approximate surface area is 266 Å². The molecule has 3 rings (SSSR count). The summed E-state index contributed by atoms with van der Waals surface area (Å²) in [6, 6.07) is 10.4. The summed E-state index contributed by atoms with van der Waals surface area (Å²) in [5.74, 6) is 0.871. The molecule has 0 spiro atoms. The number of nitrogens with zero attached hydrogens (tertiary/aromatic N) is 2. The number of hydrogen-bond donors (Lipinski definition) is 0. The maximum Gasteiger partial charge on any atom is 0.176 e. The fourth-order valence-electron chi connectivity index (χ4n) is 3.24. The largest absolute Gasteiger partial charge is 0.293 e. The molecule has 1 atom stereocenters. The van der Waals surface area contributed by atoms with Crippen molar-refractivity contribution in [2.24, 2.45) is 11.8 Å². The highest BCUT2D eigenvalue weighted by Gasteiger charge is 2.22. The number of hydrogen-bond acceptors (Lipinski definition) is 5. The second-order valence-electron chi connectivity index (χ2n) is 8.79. The van der Waals surface area contributed by atoms with Gasteiger partial charge in [0.15, 0.2) is 9.70 Å². The van der Waals surface area contributed by atoms with Gasteiger partial charge in [-0.3, -0.25) is 4.79 Å². The molecule has 0 amide bonds. The lowest BCUT2D eigenvalue weighted by molar-refractivity contribution is 0.0982. The Kier molecular flexibility index (Phi) is 15.7. The summed E-state index contributed by atoms with van der Waals surface area (Å²) in [5.41, 5.74) is 2.51. The first-order valence-electron chi connectivity index (χ1n) is 11.1. The Morgan fingerprint density at radius 1 is 1.00 bits per heavy atom. The first-order valence-corrected chi connectivity index (χ1v) is 15.1. The third kappa shape index (κ3) is 11.0. The predicted molar refractivity (Wildman–Crippen MR) is 171 cm³/mol. The summed E-state index contributed by atoms with van der Waals surface area (Å²) in [4.78, 5) is 18.1. The lowest BCUT2D eigenvalue weighted by atomic mass is 10.0. The van der Waals surface area contributed by atoms with Crippen LogP contribution in [0.2, 0.25) is 20.1 Å². The smallest absolute Gasteiger partial charge is 0.176 e. The Balaban J connectivity index is 0.000000360. The van der Waals surface area contributed by atoms with Gasteiger partial charge in [-0.25, -0.2) is 4.98 Å². The van der Waals surface area contributed by atoms with Crippen molar-refractivity contribution in [2.75, 3.05) is 0 Å². The number of rotatable bonds is 8. The van der Waals surface area contributed by atoms with Crippen molar-refractivity contribution in [3.8, 4) is 16.7 Å². The van der Waals surface area contributed by atoms with Crippen LogP contribution in [0.25, 0.3) is 11.3 Å². The minimum absolute atomic E-state index is 0. The Morgan fingerprint density at radius 3 is 2.11 bits per heavy atom. The minimum Gasteiger partial charge on any atom is -0.293 e. The van der Waals surface area contributed by atoms with Gasteiger partial charge < -0.3 is 0 Å². The first kappa shape index (κ1) is 34.7. The van der Waals surface area contributed by atoms with E-state index in [1.807, 2.05) is 37.4 Å². The number of thiazole rings is 1. The maximum atomic E-state index is 12.3. The maximum absolute atomic E-state index is 12.3. The molecule has 1 unspecified atom stereocenters. The quantitative estimate of drug-likeness (QED) is 0.170. The van der Waals surface area contributed by atoms with Gasteiger partial charge in [-0.1, -0.05) is 80.2 Å². The van der Waals surface area contributed by atoms with E-state index in [1.54, 1.807) is 29.5 Å². The Morgan fingerprint density at radius 2 is 1.59 bits per heavy atom. The third-order valence-corrected chi connectivity index (χ3v) is 8.64. The molecule has 3 aromatic rings. The van der Waals surface area contributed by atoms with Crippen LogP contribution in [-0.4, -0.2) is 16.0 Å². The van der Waals surface area contributed by atoms with Crippen LogP contribution in [0.3, 0.4) is 0 Å². The molecule has 0 saturated carbocycles. The minimum atomic E-state index is -0.354. The number of halogens is 6. The van der Waals surface area contributed by atoms with E-state index in [0.717, 1.165) is 33.4 Å². The van der Waals surface area contributed by atoms with Gasteiger partial charge in [0.2, 0.25) is 0 Å². The molecule has 0 aliphatic carbocycles. The van der Waals surface area contributed by atoms with Crippen molar-refractivity contribution in [3.05, 3.63) is 70.8 Å². The number of thioether (sulfide) groups is 1. The molecule has 200 valence electrons. The number of carbonyl (C=O) groups excluding carboxylic acids is 1. The second-order valence-corrected chi connectivity index (χ2v) is 13.8. The highest BCUT2D eigenvalue weighted by molar-refractivity contribution is 9.11. The van der Waals surface area contributed by atoms with E-state index in [-0.39, 0.29) is 28.0 Å². The van der Waals surface area contributed by atoms with E-state index >= 15 is 0 Å². The summed E-state index contributed by atoms with van der Waals surface area (Å²) in [6.45, 7) is 8.44. The highest BCUT2D eigenvalue weighted by Crippen LogP contribution is 2.35. The van der Waals surface area contributed by atoms with Crippen molar-refractivity contribution in [3.63, 3.8) is 0 Å². The van der Waals surface area contributed by atoms with Crippen molar-refractivity contribution in [1.29, 1.82) is 5.26 Å². The van der Waals surface area contributed by atoms with E-state index < -0.39 is 0 Å². The number of benzene rings is 2. The lowest BCUT2D eigenvalue weighted by Crippen LogP contribution is -2.19. The number of Topliss-reactive ketones (excluding diaryl/α,β-unsaturated/α-hetero) is 1. The van der Waals surface area contributed by atoms with Gasteiger partial charge in [0.25, 0.3) is 0 Å². The Bertz CT molecular complexity index is 1250. The molecule has 1 aromatic heterocycles. The van der Waals surface area contributed by atoms with E-state index in [0.29, 0.717) is 43.9 Å². The average molecular weight is 748 g/mol. The third-order valence-electron chi connectivity index (χ3n) is 4.83. The molecule has 0 radical (unpaired) electrons. The van der Waals surface area contributed by atoms with Gasteiger partial charge in [-0.15, -0.1) is 28.3 Å². The molecule has 37 heavy (non-hydrogen) atoms. The standard InChI is InChI=1S/C13H12BrCl2NS.C13H13Cl2NOS.BrH/c1-7(2)5-11-12(17-13(14)18-11)8-3-4-9(15)10(16)6-8;1-8(2)5-12(18-7-16)13(17)9-3-4-10(14)11(15)6-9;/h3-4,6-7H,5H2,1-2H3;3-4,6,8,12H,5H2,1-2H3;1H. The molecule has 0 saturated heterocycles. The van der Waals surface area contributed by atoms with Gasteiger partial charge in [-0.05, 0) is 82.7 Å². The van der Waals surface area contributed by atoms with Gasteiger partial charge in [-0.2, -0.15) is 5.26 Å². The summed E-state index contributed by atoms with van der Waals surface area (Å²) in [5, 5.41) is 12.3. The van der Waals surface area contributed by atoms with Crippen LogP contribution in [0.5, 0.6) is 0 Å². The number of carbonyl (C=O) groups is 1. The summed E-state index contributed by atoms with van der Waals surface area (Å²) < 4.78 is 0.902. The molecular weight excluding hydrogens is 722 g/mol. The fraction of sp³-hybridized carbons (Fsp3) is 0.346. The van der Waals surface area contributed by atoms with Gasteiger partial charge in [0.1, 0.15) is 5.40 Å². The van der Waals surface area contributed by atoms with Gasteiger partial charge >= 0.3 is 0 Å². The molecule has 2 aromatic carbocycles. The van der Waals surface area contributed by atoms with E-state index in [4.69, 9.17) is 51.7 Å². The van der Waals surface area contributed by atoms with Gasteiger partial charge in [0, 0.05) is 16.0 Å². The van der Waals surface area contributed by atoms with E-state index in [9.17, 15) is 4.79 Å². The van der Waals surface area contributed by atoms with E-state index in [1.165, 1.54) is 4.88 Å². The summed E-state index contributed by atoms with van der Waals surface area (Å²) in [6.07, 6.45) is 1.68. The van der Waals surface area contributed by atoms with E-state index in [2.05, 4.69) is 34.8 Å². The molecule has 0 bridgehead atoms. The van der Waals surface area contributed by atoms with Crippen LogP contribution in [0.1, 0.15) is 49.4 Å². The van der Waals surface area contributed by atoms with Crippen LogP contribution in [0.4, 0.5) is 0 Å². The SMILES string of the molecule is Br.CC(C)CC(SC#N)C(=O)c1ccc(Cl)c(Cl)c1.CC(C)Cc1sc(Br)nc1-c1ccc(Cl)c(Cl)c1. The molecular formula is C26H26Br2Cl4N2OS2. The summed E-state index contributed by atoms with van der Waals surface area (Å²) in [7, 11) is 0. The fourth-order valence-corrected chi connectivity index (χ4v) is 6.47. The van der Waals surface area contributed by atoms with Crippen LogP contribution >= 0.6 is 102 Å².